The lowest BCUT2D eigenvalue weighted by Gasteiger charge is -2.42. The normalized spacial score (nSPS) is 15.0. The fourth-order valence-corrected chi connectivity index (χ4v) is 15.6. The molecule has 77 heavy (non-hydrogen) atoms. The largest absolute Gasteiger partial charge is 0.481 e. The summed E-state index contributed by atoms with van der Waals surface area (Å²) in [6.07, 6.45) is 0. The van der Waals surface area contributed by atoms with Crippen LogP contribution in [-0.4, -0.2) is 30.0 Å². The second-order valence-electron chi connectivity index (χ2n) is 20.1. The van der Waals surface area contributed by atoms with Crippen molar-refractivity contribution in [2.45, 2.75) is 63.5 Å². The summed E-state index contributed by atoms with van der Waals surface area (Å²) >= 11 is 0. The first-order valence-electron chi connectivity index (χ1n) is 25.6. The predicted octanol–water partition coefficient (Wildman–Crippen LogP) is 14.2. The van der Waals surface area contributed by atoms with Crippen LogP contribution in [0.5, 0.6) is 11.5 Å². The molecule has 0 spiro atoms. The molecule has 10 aromatic rings. The van der Waals surface area contributed by atoms with E-state index in [-0.39, 0.29) is 19.6 Å². The Morgan fingerprint density at radius 1 is 0.377 bits per heavy atom. The van der Waals surface area contributed by atoms with E-state index < -0.39 is 35.9 Å². The molecule has 2 aliphatic rings. The zero-order valence-corrected chi connectivity index (χ0v) is 44.6. The Morgan fingerprint density at radius 2 is 0.675 bits per heavy atom. The molecule has 2 heterocycles. The van der Waals surface area contributed by atoms with Gasteiger partial charge in [-0.2, -0.15) is 0 Å². The highest BCUT2D eigenvalue weighted by molar-refractivity contribution is 7.92. The average Bonchev–Trinajstić information content (AvgIpc) is 3.51. The van der Waals surface area contributed by atoms with Crippen LogP contribution < -0.4 is 9.47 Å². The van der Waals surface area contributed by atoms with Crippen molar-refractivity contribution in [3.63, 3.8) is 0 Å². The Kier molecular flexibility index (Phi) is 12.1. The van der Waals surface area contributed by atoms with Gasteiger partial charge in [0.15, 0.2) is 0 Å². The van der Waals surface area contributed by atoms with E-state index in [9.17, 15) is 16.8 Å². The van der Waals surface area contributed by atoms with Crippen LogP contribution in [0.4, 0.5) is 0 Å². The van der Waals surface area contributed by atoms with E-state index in [2.05, 4.69) is 122 Å². The zero-order valence-electron chi connectivity index (χ0n) is 43.0. The van der Waals surface area contributed by atoms with Gasteiger partial charge in [0.05, 0.1) is 30.4 Å². The summed E-state index contributed by atoms with van der Waals surface area (Å²) in [6.45, 7) is 8.59. The summed E-state index contributed by atoms with van der Waals surface area (Å²) in [5.41, 5.74) is 6.04. The number of hydrogen-bond acceptors (Lipinski definition) is 6. The lowest BCUT2D eigenvalue weighted by molar-refractivity contribution is 0.370. The molecule has 8 heteroatoms. The third-order valence-electron chi connectivity index (χ3n) is 15.9. The second-order valence-corrected chi connectivity index (χ2v) is 23.9. The lowest BCUT2D eigenvalue weighted by atomic mass is 9.63. The van der Waals surface area contributed by atoms with Crippen molar-refractivity contribution in [3.05, 3.63) is 274 Å². The minimum Gasteiger partial charge on any atom is -0.481 e. The smallest absolute Gasteiger partial charge is 0.207 e. The van der Waals surface area contributed by atoms with Crippen molar-refractivity contribution in [2.24, 2.45) is 0 Å². The van der Waals surface area contributed by atoms with Crippen LogP contribution in [-0.2, 0) is 35.9 Å². The molecular formula is C69H52O6S2. The molecule has 0 atom stereocenters. The van der Waals surface area contributed by atoms with Crippen LogP contribution >= 0.6 is 0 Å². The van der Waals surface area contributed by atoms with Gasteiger partial charge in [0.2, 0.25) is 19.7 Å². The van der Waals surface area contributed by atoms with Crippen LogP contribution in [0.2, 0.25) is 0 Å². The number of hydrogen-bond donors (Lipinski definition) is 0. The maximum absolute atomic E-state index is 14.6. The van der Waals surface area contributed by atoms with E-state index in [4.69, 9.17) is 9.47 Å². The first kappa shape index (κ1) is 49.2. The number of rotatable bonds is 10. The number of benzene rings is 10. The van der Waals surface area contributed by atoms with Gasteiger partial charge in [-0.25, -0.2) is 16.8 Å². The zero-order chi connectivity index (χ0) is 53.2. The molecule has 376 valence electrons. The Labute approximate surface area is 450 Å². The molecule has 0 amide bonds. The predicted molar refractivity (Wildman–Crippen MR) is 305 cm³/mol. The minimum absolute atomic E-state index is 0.281. The topological polar surface area (TPSA) is 86.7 Å². The van der Waals surface area contributed by atoms with Crippen molar-refractivity contribution in [1.29, 1.82) is 0 Å². The van der Waals surface area contributed by atoms with Gasteiger partial charge in [0.25, 0.3) is 0 Å². The Morgan fingerprint density at radius 3 is 1.01 bits per heavy atom. The van der Waals surface area contributed by atoms with Crippen molar-refractivity contribution in [2.75, 3.05) is 13.2 Å². The summed E-state index contributed by atoms with van der Waals surface area (Å²) < 4.78 is 70.1. The molecule has 0 bridgehead atoms. The highest BCUT2D eigenvalue weighted by atomic mass is 32.2. The van der Waals surface area contributed by atoms with Crippen molar-refractivity contribution in [1.82, 2.24) is 0 Å². The van der Waals surface area contributed by atoms with Crippen LogP contribution in [0, 0.1) is 23.7 Å². The summed E-state index contributed by atoms with van der Waals surface area (Å²) in [4.78, 5) is 1.12. The highest BCUT2D eigenvalue weighted by Crippen LogP contribution is 2.56. The van der Waals surface area contributed by atoms with E-state index in [1.165, 1.54) is 0 Å². The monoisotopic (exact) mass is 1040 g/mol. The molecule has 0 saturated carbocycles. The van der Waals surface area contributed by atoms with Gasteiger partial charge >= 0.3 is 0 Å². The van der Waals surface area contributed by atoms with E-state index in [0.29, 0.717) is 35.5 Å². The van der Waals surface area contributed by atoms with Crippen LogP contribution in [0.3, 0.4) is 0 Å². The standard InChI is InChI=1S/C69H52O6S2/c1-5-7-41-74-57-39-27-47-43-55(29-25-49(47)45-57)68(59-17-9-13-21-63(59)76(70,71)64-22-14-10-18-60(64)68)53-35-31-51(32-36-53)67(3,4)52-33-37-54(38-34-52)69(56-30-26-50-46-58(75-42-8-6-2)40-28-48(50)44-56)61-19-11-15-23-65(61)77(72,73)66-24-16-12-20-62(66)69/h9-40,43-46H,41-42H2,1-4H3. The fraction of sp³-hybridized carbons (Fsp3) is 0.130. The van der Waals surface area contributed by atoms with Gasteiger partial charge in [-0.1, -0.05) is 183 Å². The third-order valence-corrected chi connectivity index (χ3v) is 19.6. The van der Waals surface area contributed by atoms with Crippen LogP contribution in [0.25, 0.3) is 21.5 Å². The fourth-order valence-electron chi connectivity index (χ4n) is 12.1. The summed E-state index contributed by atoms with van der Waals surface area (Å²) in [5, 5.41) is 3.95. The molecule has 0 aliphatic carbocycles. The highest BCUT2D eigenvalue weighted by Gasteiger charge is 2.50. The number of fused-ring (bicyclic) bond motifs is 6. The molecule has 0 unspecified atom stereocenters. The second kappa shape index (κ2) is 18.9. The lowest BCUT2D eigenvalue weighted by Crippen LogP contribution is -2.37. The Balaban J connectivity index is 0.986. The quantitative estimate of drug-likeness (QED) is 0.127. The minimum atomic E-state index is -3.87. The third kappa shape index (κ3) is 7.69. The first-order chi connectivity index (χ1) is 37.3. The van der Waals surface area contributed by atoms with Crippen molar-refractivity contribution in [3.8, 4) is 35.2 Å². The molecule has 0 radical (unpaired) electrons. The molecule has 12 rings (SSSR count). The Bertz CT molecular complexity index is 3990. The van der Waals surface area contributed by atoms with Crippen LogP contribution in [0.15, 0.2) is 238 Å². The van der Waals surface area contributed by atoms with Crippen molar-refractivity contribution < 1.29 is 26.3 Å². The van der Waals surface area contributed by atoms with Gasteiger partial charge in [-0.15, -0.1) is 11.8 Å². The van der Waals surface area contributed by atoms with Gasteiger partial charge in [-0.3, -0.25) is 0 Å². The van der Waals surface area contributed by atoms with Crippen molar-refractivity contribution >= 4 is 41.2 Å². The number of ether oxygens (including phenoxy) is 2. The summed E-state index contributed by atoms with van der Waals surface area (Å²) in [7, 11) is -7.74. The maximum Gasteiger partial charge on any atom is 0.207 e. The van der Waals surface area contributed by atoms with Gasteiger partial charge in [0, 0.05) is 5.41 Å². The maximum atomic E-state index is 14.6. The molecule has 6 nitrogen and oxygen atoms in total. The van der Waals surface area contributed by atoms with E-state index in [1.807, 2.05) is 84.9 Å². The molecule has 0 fully saturated rings. The first-order valence-corrected chi connectivity index (χ1v) is 28.5. The number of sulfone groups is 2. The van der Waals surface area contributed by atoms with E-state index >= 15 is 0 Å². The van der Waals surface area contributed by atoms with Gasteiger partial charge < -0.3 is 9.47 Å². The SMILES string of the molecule is CC#CCOc1ccc2cc(C3(c4ccc(C(C)(C)c5ccc(C6(c7ccc8cc(OCC#CC)ccc8c7)c7ccccc7S(=O)(=O)c7ccccc76)cc5)cc4)c4ccccc4S(=O)(=O)c4ccccc43)ccc2c1. The summed E-state index contributed by atoms with van der Waals surface area (Å²) in [6, 6.07) is 71.7. The van der Waals surface area contributed by atoms with Gasteiger partial charge in [0.1, 0.15) is 24.7 Å². The molecule has 0 aromatic heterocycles. The van der Waals surface area contributed by atoms with E-state index in [0.717, 1.165) is 66.4 Å². The molecule has 0 saturated heterocycles. The van der Waals surface area contributed by atoms with E-state index in [1.54, 1.807) is 62.4 Å². The van der Waals surface area contributed by atoms with Crippen LogP contribution in [0.1, 0.15) is 83.3 Å². The molecule has 10 aromatic carbocycles. The van der Waals surface area contributed by atoms with Gasteiger partial charge in [-0.05, 0) is 152 Å². The summed E-state index contributed by atoms with van der Waals surface area (Å²) in [5.74, 6) is 13.1. The average molecular weight is 1040 g/mol. The molecular weight excluding hydrogens is 989 g/mol. The Hall–Kier alpha value is -8.66. The molecule has 0 N–H and O–H groups in total. The molecule has 2 aliphatic heterocycles.